The minimum Gasteiger partial charge on any atom is -0.455 e. The predicted molar refractivity (Wildman–Crippen MR) is 113 cm³/mol. The second-order valence-corrected chi connectivity index (χ2v) is 12.3. The van der Waals surface area contributed by atoms with Gasteiger partial charge in [-0.25, -0.2) is 12.7 Å². The molecule has 30 heavy (non-hydrogen) atoms. The molecule has 4 aliphatic rings. The van der Waals surface area contributed by atoms with Crippen LogP contribution in [0.4, 0.5) is 5.69 Å². The van der Waals surface area contributed by atoms with Crippen LogP contribution < -0.4 is 5.32 Å². The van der Waals surface area contributed by atoms with Gasteiger partial charge in [-0.1, -0.05) is 6.07 Å². The summed E-state index contributed by atoms with van der Waals surface area (Å²) in [5.74, 6) is 0.0896. The molecule has 0 radical (unpaired) electrons. The van der Waals surface area contributed by atoms with Gasteiger partial charge in [0.25, 0.3) is 5.91 Å². The van der Waals surface area contributed by atoms with Gasteiger partial charge in [-0.2, -0.15) is 0 Å². The first-order chi connectivity index (χ1) is 14.0. The van der Waals surface area contributed by atoms with Gasteiger partial charge in [-0.3, -0.25) is 9.59 Å². The number of anilines is 1. The molecule has 0 spiro atoms. The van der Waals surface area contributed by atoms with Crippen molar-refractivity contribution in [1.29, 1.82) is 0 Å². The molecule has 0 heterocycles. The van der Waals surface area contributed by atoms with Gasteiger partial charge < -0.3 is 10.1 Å². The van der Waals surface area contributed by atoms with E-state index in [9.17, 15) is 18.0 Å². The van der Waals surface area contributed by atoms with Crippen LogP contribution in [-0.2, 0) is 24.3 Å². The van der Waals surface area contributed by atoms with Crippen LogP contribution in [0.2, 0.25) is 0 Å². The van der Waals surface area contributed by atoms with Crippen LogP contribution in [0.1, 0.15) is 38.5 Å². The molecule has 9 heteroatoms. The van der Waals surface area contributed by atoms with Crippen molar-refractivity contribution in [2.24, 2.45) is 17.3 Å². The highest BCUT2D eigenvalue weighted by Gasteiger charge is 2.60. The molecule has 4 fully saturated rings. The molecule has 0 aromatic heterocycles. The van der Waals surface area contributed by atoms with Gasteiger partial charge in [-0.05, 0) is 68.6 Å². The molecule has 1 amide bonds. The van der Waals surface area contributed by atoms with E-state index in [0.717, 1.165) is 36.4 Å². The molecule has 5 rings (SSSR count). The average molecular weight is 455 g/mol. The van der Waals surface area contributed by atoms with Crippen molar-refractivity contribution in [2.45, 2.75) is 48.3 Å². The summed E-state index contributed by atoms with van der Waals surface area (Å²) in [7, 11) is -0.729. The van der Waals surface area contributed by atoms with E-state index in [1.807, 2.05) is 0 Å². The molecule has 4 bridgehead atoms. The minimum absolute atomic E-state index is 0.0725. The molecule has 1 aromatic carbocycles. The zero-order valence-corrected chi connectivity index (χ0v) is 18.8. The molecular weight excluding hydrogens is 428 g/mol. The molecule has 2 atom stereocenters. The number of alkyl halides is 1. The van der Waals surface area contributed by atoms with E-state index in [-0.39, 0.29) is 15.7 Å². The largest absolute Gasteiger partial charge is 0.455 e. The van der Waals surface area contributed by atoms with Gasteiger partial charge in [0.15, 0.2) is 6.61 Å². The van der Waals surface area contributed by atoms with Crippen LogP contribution in [0, 0.1) is 17.3 Å². The summed E-state index contributed by atoms with van der Waals surface area (Å²) < 4.78 is 31.0. The fraction of sp³-hybridized carbons (Fsp3) is 0.619. The number of benzene rings is 1. The van der Waals surface area contributed by atoms with E-state index in [1.165, 1.54) is 26.2 Å². The zero-order valence-electron chi connectivity index (χ0n) is 17.2. The first-order valence-electron chi connectivity index (χ1n) is 10.2. The number of hydrogen-bond donors (Lipinski definition) is 1. The van der Waals surface area contributed by atoms with Crippen LogP contribution in [0.5, 0.6) is 0 Å². The fourth-order valence-electron chi connectivity index (χ4n) is 5.82. The first-order valence-corrected chi connectivity index (χ1v) is 12.0. The standard InChI is InChI=1S/C21H27ClN2O5S/c1-24(2)30(27,28)17-5-3-4-16(7-17)23-18(25)12-29-19(26)20-8-14-6-15(9-20)11-21(22,10-14)13-20/h3-5,7,14-15H,6,8-13H2,1-2H3,(H,23,25)/t14-,15-,20?,21?/m1/s1. The first kappa shape index (κ1) is 21.6. The third-order valence-electron chi connectivity index (χ3n) is 6.65. The van der Waals surface area contributed by atoms with E-state index in [4.69, 9.17) is 16.3 Å². The zero-order chi connectivity index (χ0) is 21.7. The number of carbonyl (C=O) groups is 2. The number of carbonyl (C=O) groups excluding carboxylic acids is 2. The molecular formula is C21H27ClN2O5S. The Morgan fingerprint density at radius 1 is 1.20 bits per heavy atom. The Morgan fingerprint density at radius 3 is 2.47 bits per heavy atom. The van der Waals surface area contributed by atoms with Gasteiger partial charge in [0.05, 0.1) is 10.3 Å². The lowest BCUT2D eigenvalue weighted by molar-refractivity contribution is -0.171. The van der Waals surface area contributed by atoms with Crippen LogP contribution in [0.25, 0.3) is 0 Å². The Hall–Kier alpha value is -1.64. The number of amides is 1. The second-order valence-electron chi connectivity index (χ2n) is 9.33. The van der Waals surface area contributed by atoms with Gasteiger partial charge in [0, 0.05) is 24.7 Å². The van der Waals surface area contributed by atoms with Crippen molar-refractivity contribution in [3.05, 3.63) is 24.3 Å². The highest BCUT2D eigenvalue weighted by atomic mass is 35.5. The molecule has 164 valence electrons. The number of ether oxygens (including phenoxy) is 1. The molecule has 4 saturated carbocycles. The Morgan fingerprint density at radius 2 is 1.87 bits per heavy atom. The minimum atomic E-state index is -3.61. The van der Waals surface area contributed by atoms with Gasteiger partial charge in [-0.15, -0.1) is 11.6 Å². The summed E-state index contributed by atoms with van der Waals surface area (Å²) >= 11 is 6.77. The highest BCUT2D eigenvalue weighted by molar-refractivity contribution is 7.89. The number of nitrogens with zero attached hydrogens (tertiary/aromatic N) is 1. The number of esters is 1. The lowest BCUT2D eigenvalue weighted by Crippen LogP contribution is -2.56. The molecule has 1 N–H and O–H groups in total. The van der Waals surface area contributed by atoms with E-state index in [0.29, 0.717) is 23.9 Å². The van der Waals surface area contributed by atoms with Gasteiger partial charge >= 0.3 is 5.97 Å². The van der Waals surface area contributed by atoms with E-state index >= 15 is 0 Å². The monoisotopic (exact) mass is 454 g/mol. The third kappa shape index (κ3) is 3.97. The Kier molecular flexibility index (Phi) is 5.39. The summed E-state index contributed by atoms with van der Waals surface area (Å²) in [6.07, 6.45) is 5.28. The third-order valence-corrected chi connectivity index (χ3v) is 8.91. The van der Waals surface area contributed by atoms with Crippen molar-refractivity contribution >= 4 is 39.2 Å². The number of halogens is 1. The summed E-state index contributed by atoms with van der Waals surface area (Å²) in [5.41, 5.74) is -0.236. The van der Waals surface area contributed by atoms with Crippen molar-refractivity contribution in [3.63, 3.8) is 0 Å². The molecule has 0 unspecified atom stereocenters. The number of hydrogen-bond acceptors (Lipinski definition) is 5. The Bertz CT molecular complexity index is 963. The SMILES string of the molecule is CN(C)S(=O)(=O)c1cccc(NC(=O)COC(=O)C23C[C@H]4C[C@@H](CC(Cl)(C4)C2)C3)c1. The van der Waals surface area contributed by atoms with Crippen molar-refractivity contribution in [2.75, 3.05) is 26.0 Å². The second kappa shape index (κ2) is 7.50. The summed E-state index contributed by atoms with van der Waals surface area (Å²) in [6, 6.07) is 5.98. The molecule has 7 nitrogen and oxygen atoms in total. The number of nitrogens with one attached hydrogen (secondary N) is 1. The normalized spacial score (nSPS) is 32.3. The lowest BCUT2D eigenvalue weighted by atomic mass is 9.49. The maximum atomic E-state index is 12.9. The number of sulfonamides is 1. The fourth-order valence-corrected chi connectivity index (χ4v) is 7.46. The van der Waals surface area contributed by atoms with Crippen LogP contribution >= 0.6 is 11.6 Å². The Balaban J connectivity index is 1.37. The predicted octanol–water partition coefficient (Wildman–Crippen LogP) is 3.00. The van der Waals surface area contributed by atoms with Crippen LogP contribution in [0.3, 0.4) is 0 Å². The molecule has 0 aliphatic heterocycles. The summed E-state index contributed by atoms with van der Waals surface area (Å²) in [4.78, 5) is 25.0. The van der Waals surface area contributed by atoms with E-state index in [1.54, 1.807) is 12.1 Å². The van der Waals surface area contributed by atoms with Crippen molar-refractivity contribution in [3.8, 4) is 0 Å². The lowest BCUT2D eigenvalue weighted by Gasteiger charge is -2.58. The summed E-state index contributed by atoms with van der Waals surface area (Å²) in [6.45, 7) is -0.407. The molecule has 0 saturated heterocycles. The molecule has 1 aromatic rings. The maximum absolute atomic E-state index is 12.9. The van der Waals surface area contributed by atoms with Gasteiger partial charge in [0.1, 0.15) is 0 Å². The van der Waals surface area contributed by atoms with Crippen LogP contribution in [0.15, 0.2) is 29.2 Å². The maximum Gasteiger partial charge on any atom is 0.312 e. The van der Waals surface area contributed by atoms with Crippen molar-refractivity contribution in [1.82, 2.24) is 4.31 Å². The highest BCUT2D eigenvalue weighted by Crippen LogP contribution is 2.64. The summed E-state index contributed by atoms with van der Waals surface area (Å²) in [5, 5.41) is 2.60. The molecule has 4 aliphatic carbocycles. The van der Waals surface area contributed by atoms with Crippen molar-refractivity contribution < 1.29 is 22.7 Å². The van der Waals surface area contributed by atoms with Crippen LogP contribution in [-0.4, -0.2) is 50.2 Å². The smallest absolute Gasteiger partial charge is 0.312 e. The van der Waals surface area contributed by atoms with E-state index in [2.05, 4.69) is 5.32 Å². The van der Waals surface area contributed by atoms with E-state index < -0.39 is 28.0 Å². The Labute approximate surface area is 182 Å². The number of rotatable bonds is 6. The topological polar surface area (TPSA) is 92.8 Å². The quantitative estimate of drug-likeness (QED) is 0.527. The average Bonchev–Trinajstić information content (AvgIpc) is 2.64. The van der Waals surface area contributed by atoms with Gasteiger partial charge in [0.2, 0.25) is 10.0 Å².